The Hall–Kier alpha value is -1.02. The number of ether oxygens (including phenoxy) is 1. The van der Waals surface area contributed by atoms with E-state index in [-0.39, 0.29) is 6.42 Å². The Balaban J connectivity index is 3.44. The van der Waals surface area contributed by atoms with Crippen LogP contribution in [-0.2, 0) is 10.4 Å². The highest BCUT2D eigenvalue weighted by Crippen LogP contribution is 2.42. The minimum Gasteiger partial charge on any atom is -0.432 e. The molecule has 1 rings (SSSR count). The van der Waals surface area contributed by atoms with Gasteiger partial charge in [0.2, 0.25) is 0 Å². The average Bonchev–Trinajstić information content (AvgIpc) is 2.29. The monoisotopic (exact) mass is 316 g/mol. The second-order valence-corrected chi connectivity index (χ2v) is 4.34. The molecule has 0 saturated heterocycles. The summed E-state index contributed by atoms with van der Waals surface area (Å²) in [5.74, 6) is -0.576. The van der Waals surface area contributed by atoms with Gasteiger partial charge >= 0.3 is 12.3 Å². The SMILES string of the molecule is CCC(OS)c1c(OC(C)(F)F)cccc1C(F)(F)F. The molecular weight excluding hydrogens is 303 g/mol. The first-order chi connectivity index (χ1) is 9.10. The summed E-state index contributed by atoms with van der Waals surface area (Å²) in [7, 11) is 0. The molecule has 0 aromatic heterocycles. The molecule has 0 bridgehead atoms. The summed E-state index contributed by atoms with van der Waals surface area (Å²) in [6, 6.07) is 2.82. The quantitative estimate of drug-likeness (QED) is 0.468. The summed E-state index contributed by atoms with van der Waals surface area (Å²) in [4.78, 5) is 0. The number of hydrogen-bond donors (Lipinski definition) is 1. The Kier molecular flexibility index (Phi) is 5.26. The fourth-order valence-electron chi connectivity index (χ4n) is 1.74. The van der Waals surface area contributed by atoms with E-state index in [2.05, 4.69) is 21.8 Å². The molecule has 0 heterocycles. The predicted molar refractivity (Wildman–Crippen MR) is 65.8 cm³/mol. The average molecular weight is 316 g/mol. The van der Waals surface area contributed by atoms with Crippen LogP contribution in [0, 0.1) is 0 Å². The molecule has 0 aliphatic heterocycles. The zero-order valence-corrected chi connectivity index (χ0v) is 11.6. The third kappa shape index (κ3) is 4.24. The Labute approximate surface area is 118 Å². The molecule has 1 atom stereocenters. The molecule has 0 fully saturated rings. The van der Waals surface area contributed by atoms with Crippen LogP contribution >= 0.6 is 12.9 Å². The van der Waals surface area contributed by atoms with E-state index < -0.39 is 35.3 Å². The zero-order chi connectivity index (χ0) is 15.6. The van der Waals surface area contributed by atoms with Crippen molar-refractivity contribution in [2.45, 2.75) is 38.7 Å². The van der Waals surface area contributed by atoms with Crippen molar-refractivity contribution in [3.63, 3.8) is 0 Å². The van der Waals surface area contributed by atoms with Gasteiger partial charge in [-0.05, 0) is 31.5 Å². The maximum absolute atomic E-state index is 13.0. The lowest BCUT2D eigenvalue weighted by atomic mass is 9.99. The third-order valence-electron chi connectivity index (χ3n) is 2.48. The molecule has 1 aromatic rings. The van der Waals surface area contributed by atoms with E-state index in [4.69, 9.17) is 0 Å². The van der Waals surface area contributed by atoms with Crippen LogP contribution < -0.4 is 4.74 Å². The van der Waals surface area contributed by atoms with Gasteiger partial charge in [-0.3, -0.25) is 0 Å². The van der Waals surface area contributed by atoms with Gasteiger partial charge in [-0.2, -0.15) is 22.0 Å². The van der Waals surface area contributed by atoms with Crippen molar-refractivity contribution >= 4 is 12.9 Å². The van der Waals surface area contributed by atoms with Crippen molar-refractivity contribution in [3.8, 4) is 5.75 Å². The van der Waals surface area contributed by atoms with Gasteiger partial charge in [0.1, 0.15) is 11.9 Å². The number of alkyl halides is 5. The lowest BCUT2D eigenvalue weighted by Gasteiger charge is -2.23. The molecule has 2 nitrogen and oxygen atoms in total. The molecule has 114 valence electrons. The molecular formula is C12H13F5O2S. The topological polar surface area (TPSA) is 18.5 Å². The van der Waals surface area contributed by atoms with Crippen molar-refractivity contribution in [2.24, 2.45) is 0 Å². The number of halogens is 5. The Bertz CT molecular complexity index is 452. The Morgan fingerprint density at radius 3 is 2.20 bits per heavy atom. The molecule has 20 heavy (non-hydrogen) atoms. The van der Waals surface area contributed by atoms with Crippen LogP contribution in [-0.4, -0.2) is 6.11 Å². The fourth-order valence-corrected chi connectivity index (χ4v) is 1.99. The van der Waals surface area contributed by atoms with E-state index in [1.54, 1.807) is 6.92 Å². The maximum atomic E-state index is 13.0. The fraction of sp³-hybridized carbons (Fsp3) is 0.500. The van der Waals surface area contributed by atoms with Crippen molar-refractivity contribution in [1.82, 2.24) is 0 Å². The molecule has 8 heteroatoms. The summed E-state index contributed by atoms with van der Waals surface area (Å²) in [5.41, 5.74) is -1.57. The molecule has 0 aliphatic rings. The highest BCUT2D eigenvalue weighted by molar-refractivity contribution is 7.75. The van der Waals surface area contributed by atoms with Crippen molar-refractivity contribution < 1.29 is 30.9 Å². The second-order valence-electron chi connectivity index (χ2n) is 4.13. The van der Waals surface area contributed by atoms with Crippen molar-refractivity contribution in [2.75, 3.05) is 0 Å². The first-order valence-electron chi connectivity index (χ1n) is 5.67. The first kappa shape index (κ1) is 17.0. The molecule has 0 spiro atoms. The predicted octanol–water partition coefficient (Wildman–Crippen LogP) is 5.01. The number of rotatable bonds is 5. The lowest BCUT2D eigenvalue weighted by molar-refractivity contribution is -0.161. The van der Waals surface area contributed by atoms with Crippen LogP contribution in [0.4, 0.5) is 22.0 Å². The van der Waals surface area contributed by atoms with E-state index in [0.29, 0.717) is 6.92 Å². The molecule has 0 amide bonds. The Morgan fingerprint density at radius 1 is 1.20 bits per heavy atom. The minimum absolute atomic E-state index is 0.113. The van der Waals surface area contributed by atoms with Gasteiger partial charge in [0.15, 0.2) is 0 Å². The van der Waals surface area contributed by atoms with E-state index in [1.165, 1.54) is 0 Å². The van der Waals surface area contributed by atoms with E-state index in [9.17, 15) is 22.0 Å². The number of benzene rings is 1. The first-order valence-corrected chi connectivity index (χ1v) is 6.03. The maximum Gasteiger partial charge on any atom is 0.416 e. The van der Waals surface area contributed by atoms with Crippen LogP contribution in [0.3, 0.4) is 0 Å². The van der Waals surface area contributed by atoms with E-state index in [0.717, 1.165) is 18.2 Å². The van der Waals surface area contributed by atoms with Crippen LogP contribution in [0.5, 0.6) is 5.75 Å². The number of hydrogen-bond acceptors (Lipinski definition) is 3. The Morgan fingerprint density at radius 2 is 1.80 bits per heavy atom. The smallest absolute Gasteiger partial charge is 0.416 e. The van der Waals surface area contributed by atoms with Crippen LogP contribution in [0.15, 0.2) is 18.2 Å². The van der Waals surface area contributed by atoms with Crippen molar-refractivity contribution in [1.29, 1.82) is 0 Å². The highest BCUT2D eigenvalue weighted by Gasteiger charge is 2.38. The van der Waals surface area contributed by atoms with Crippen LogP contribution in [0.25, 0.3) is 0 Å². The highest BCUT2D eigenvalue weighted by atomic mass is 32.1. The molecule has 0 radical (unpaired) electrons. The summed E-state index contributed by atoms with van der Waals surface area (Å²) >= 11 is 3.50. The van der Waals surface area contributed by atoms with E-state index >= 15 is 0 Å². The van der Waals surface area contributed by atoms with Crippen LogP contribution in [0.2, 0.25) is 0 Å². The van der Waals surface area contributed by atoms with Gasteiger partial charge in [0.05, 0.1) is 5.56 Å². The number of thiol groups is 1. The lowest BCUT2D eigenvalue weighted by Crippen LogP contribution is -2.22. The summed E-state index contributed by atoms with van der Waals surface area (Å²) in [6.07, 6.45) is -9.32. The van der Waals surface area contributed by atoms with Gasteiger partial charge in [0, 0.05) is 12.5 Å². The van der Waals surface area contributed by atoms with Crippen LogP contribution in [0.1, 0.15) is 37.5 Å². The largest absolute Gasteiger partial charge is 0.432 e. The van der Waals surface area contributed by atoms with Gasteiger partial charge in [-0.25, -0.2) is 0 Å². The molecule has 0 N–H and O–H groups in total. The summed E-state index contributed by atoms with van der Waals surface area (Å²) < 4.78 is 73.7. The molecule has 1 unspecified atom stereocenters. The van der Waals surface area contributed by atoms with Gasteiger partial charge < -0.3 is 8.92 Å². The zero-order valence-electron chi connectivity index (χ0n) is 10.7. The van der Waals surface area contributed by atoms with Crippen molar-refractivity contribution in [3.05, 3.63) is 29.3 Å². The van der Waals surface area contributed by atoms with Gasteiger partial charge in [-0.1, -0.05) is 13.0 Å². The van der Waals surface area contributed by atoms with Gasteiger partial charge in [0.25, 0.3) is 0 Å². The summed E-state index contributed by atoms with van der Waals surface area (Å²) in [5, 5.41) is 0. The molecule has 0 aliphatic carbocycles. The normalized spacial score (nSPS) is 14.2. The third-order valence-corrected chi connectivity index (χ3v) is 2.74. The molecule has 0 saturated carbocycles. The van der Waals surface area contributed by atoms with E-state index in [1.807, 2.05) is 0 Å². The second kappa shape index (κ2) is 6.17. The molecule has 1 aromatic carbocycles. The van der Waals surface area contributed by atoms with Gasteiger partial charge in [-0.15, -0.1) is 0 Å². The summed E-state index contributed by atoms with van der Waals surface area (Å²) in [6.45, 7) is 1.99. The minimum atomic E-state index is -4.71. The standard InChI is InChI=1S/C12H13F5O2S/c1-3-8(19-20)10-7(12(15,16)17)5-4-6-9(10)18-11(2,13)14/h4-6,8,20H,3H2,1-2H3.